The zero-order valence-corrected chi connectivity index (χ0v) is 15.5. The van der Waals surface area contributed by atoms with Crippen LogP contribution in [-0.2, 0) is 6.54 Å². The molecule has 3 aromatic rings. The molecule has 0 aliphatic carbocycles. The predicted molar refractivity (Wildman–Crippen MR) is 103 cm³/mol. The number of aliphatic hydroxyl groups is 1. The Morgan fingerprint density at radius 3 is 2.62 bits per heavy atom. The molecule has 2 N–H and O–H groups in total. The van der Waals surface area contributed by atoms with Crippen LogP contribution in [0.15, 0.2) is 42.5 Å². The number of aliphatic hydroxyl groups excluding tert-OH is 1. The fourth-order valence-electron chi connectivity index (χ4n) is 3.09. The molecule has 0 unspecified atom stereocenters. The number of carbonyl (C=O) groups is 1. The summed E-state index contributed by atoms with van der Waals surface area (Å²) in [7, 11) is 1.62. The van der Waals surface area contributed by atoms with Crippen molar-refractivity contribution in [1.29, 1.82) is 0 Å². The van der Waals surface area contributed by atoms with E-state index in [9.17, 15) is 4.79 Å². The molecule has 0 saturated carbocycles. The summed E-state index contributed by atoms with van der Waals surface area (Å²) >= 11 is 5.94. The number of benzene rings is 2. The van der Waals surface area contributed by atoms with E-state index in [4.69, 9.17) is 21.4 Å². The number of rotatable bonds is 6. The van der Waals surface area contributed by atoms with Gasteiger partial charge in [-0.05, 0) is 55.0 Å². The summed E-state index contributed by atoms with van der Waals surface area (Å²) in [5, 5.41) is 13.8. The number of hydrogen-bond donors (Lipinski definition) is 2. The lowest BCUT2D eigenvalue weighted by Gasteiger charge is -2.08. The molecule has 2 aromatic carbocycles. The Labute approximate surface area is 157 Å². The smallest absolute Gasteiger partial charge is 0.262 e. The lowest BCUT2D eigenvalue weighted by Crippen LogP contribution is -2.19. The first-order valence-corrected chi connectivity index (χ1v) is 8.74. The Morgan fingerprint density at radius 2 is 1.96 bits per heavy atom. The molecule has 26 heavy (non-hydrogen) atoms. The highest BCUT2D eigenvalue weighted by Crippen LogP contribution is 2.30. The Hall–Kier alpha value is -2.34. The molecule has 0 aliphatic heterocycles. The molecular weight excluding hydrogens is 352 g/mol. The van der Waals surface area contributed by atoms with Gasteiger partial charge >= 0.3 is 0 Å². The highest BCUT2D eigenvalue weighted by Gasteiger charge is 2.20. The molecule has 136 valence electrons. The lowest BCUT2D eigenvalue weighted by molar-refractivity contribution is 0.0963. The standard InChI is InChI=1S/C20H21ClN2O3/c1-13-18(12-22-9-10-24)17-11-16(26-2)7-8-19(17)23(13)20(25)14-3-5-15(21)6-4-14/h3-8,11,22,24H,9-10,12H2,1-2H3. The summed E-state index contributed by atoms with van der Waals surface area (Å²) in [6.45, 7) is 3.03. The van der Waals surface area contributed by atoms with Gasteiger partial charge < -0.3 is 15.2 Å². The minimum absolute atomic E-state index is 0.0602. The number of hydrogen-bond acceptors (Lipinski definition) is 4. The van der Waals surface area contributed by atoms with Gasteiger partial charge in [-0.1, -0.05) is 11.6 Å². The monoisotopic (exact) mass is 372 g/mol. The van der Waals surface area contributed by atoms with Gasteiger partial charge in [0.25, 0.3) is 5.91 Å². The van der Waals surface area contributed by atoms with Crippen LogP contribution in [0.25, 0.3) is 10.9 Å². The van der Waals surface area contributed by atoms with Crippen molar-refractivity contribution in [2.24, 2.45) is 0 Å². The van der Waals surface area contributed by atoms with Gasteiger partial charge in [0, 0.05) is 34.8 Å². The summed E-state index contributed by atoms with van der Waals surface area (Å²) in [5.74, 6) is 0.625. The molecule has 0 atom stereocenters. The molecular formula is C20H21ClN2O3. The van der Waals surface area contributed by atoms with Crippen LogP contribution in [0.4, 0.5) is 0 Å². The summed E-state index contributed by atoms with van der Waals surface area (Å²) in [5.41, 5.74) is 3.26. The molecule has 5 nitrogen and oxygen atoms in total. The highest BCUT2D eigenvalue weighted by molar-refractivity contribution is 6.30. The van der Waals surface area contributed by atoms with E-state index in [1.54, 1.807) is 35.9 Å². The van der Waals surface area contributed by atoms with Crippen LogP contribution >= 0.6 is 11.6 Å². The molecule has 0 bridgehead atoms. The van der Waals surface area contributed by atoms with Crippen LogP contribution in [0.1, 0.15) is 21.6 Å². The molecule has 0 radical (unpaired) electrons. The lowest BCUT2D eigenvalue weighted by atomic mass is 10.1. The van der Waals surface area contributed by atoms with E-state index in [-0.39, 0.29) is 12.5 Å². The summed E-state index contributed by atoms with van der Waals surface area (Å²) in [4.78, 5) is 13.1. The van der Waals surface area contributed by atoms with Gasteiger partial charge in [-0.3, -0.25) is 9.36 Å². The van der Waals surface area contributed by atoms with E-state index in [0.717, 1.165) is 27.9 Å². The molecule has 1 aromatic heterocycles. The average Bonchev–Trinajstić information content (AvgIpc) is 2.93. The molecule has 6 heteroatoms. The largest absolute Gasteiger partial charge is 0.497 e. The van der Waals surface area contributed by atoms with Gasteiger partial charge in [-0.25, -0.2) is 0 Å². The van der Waals surface area contributed by atoms with Crippen molar-refractivity contribution in [2.45, 2.75) is 13.5 Å². The first-order valence-electron chi connectivity index (χ1n) is 8.36. The summed E-state index contributed by atoms with van der Waals surface area (Å²) < 4.78 is 7.06. The highest BCUT2D eigenvalue weighted by atomic mass is 35.5. The second-order valence-electron chi connectivity index (χ2n) is 5.99. The number of nitrogens with zero attached hydrogens (tertiary/aromatic N) is 1. The first kappa shape index (κ1) is 18.5. The van der Waals surface area contributed by atoms with Crippen molar-refractivity contribution < 1.29 is 14.6 Å². The van der Waals surface area contributed by atoms with Crippen LogP contribution in [0, 0.1) is 6.92 Å². The van der Waals surface area contributed by atoms with Crippen LogP contribution in [0.2, 0.25) is 5.02 Å². The third kappa shape index (κ3) is 3.46. The van der Waals surface area contributed by atoms with Crippen molar-refractivity contribution in [3.63, 3.8) is 0 Å². The number of aromatic nitrogens is 1. The Bertz CT molecular complexity index is 932. The fourth-order valence-corrected chi connectivity index (χ4v) is 3.21. The first-order chi connectivity index (χ1) is 12.6. The van der Waals surface area contributed by atoms with E-state index < -0.39 is 0 Å². The molecule has 0 saturated heterocycles. The zero-order valence-electron chi connectivity index (χ0n) is 14.8. The number of fused-ring (bicyclic) bond motifs is 1. The molecule has 1 heterocycles. The second-order valence-corrected chi connectivity index (χ2v) is 6.43. The normalized spacial score (nSPS) is 11.1. The zero-order chi connectivity index (χ0) is 18.7. The number of carbonyl (C=O) groups excluding carboxylic acids is 1. The second kappa shape index (κ2) is 7.91. The Morgan fingerprint density at radius 1 is 1.23 bits per heavy atom. The Kier molecular flexibility index (Phi) is 5.61. The summed E-state index contributed by atoms with van der Waals surface area (Å²) in [6, 6.07) is 12.5. The van der Waals surface area contributed by atoms with E-state index in [0.29, 0.717) is 23.7 Å². The summed E-state index contributed by atoms with van der Waals surface area (Å²) in [6.07, 6.45) is 0. The molecule has 0 spiro atoms. The van der Waals surface area contributed by atoms with E-state index in [1.165, 1.54) is 0 Å². The SMILES string of the molecule is COc1ccc2c(c1)c(CNCCO)c(C)n2C(=O)c1ccc(Cl)cc1. The number of methoxy groups -OCH3 is 1. The van der Waals surface area contributed by atoms with Gasteiger partial charge in [0.15, 0.2) is 0 Å². The van der Waals surface area contributed by atoms with Crippen molar-refractivity contribution in [1.82, 2.24) is 9.88 Å². The topological polar surface area (TPSA) is 63.5 Å². The van der Waals surface area contributed by atoms with Gasteiger partial charge in [-0.2, -0.15) is 0 Å². The third-order valence-corrected chi connectivity index (χ3v) is 4.68. The maximum atomic E-state index is 13.1. The predicted octanol–water partition coefficient (Wildman–Crippen LogP) is 3.38. The Balaban J connectivity index is 2.13. The van der Waals surface area contributed by atoms with Gasteiger partial charge in [0.05, 0.1) is 19.2 Å². The average molecular weight is 373 g/mol. The van der Waals surface area contributed by atoms with E-state index in [2.05, 4.69) is 5.32 Å². The molecule has 0 fully saturated rings. The maximum absolute atomic E-state index is 13.1. The quantitative estimate of drug-likeness (QED) is 0.651. The fraction of sp³-hybridized carbons (Fsp3) is 0.250. The molecule has 3 rings (SSSR count). The van der Waals surface area contributed by atoms with Gasteiger partial charge in [0.2, 0.25) is 0 Å². The van der Waals surface area contributed by atoms with Gasteiger partial charge in [0.1, 0.15) is 5.75 Å². The van der Waals surface area contributed by atoms with Crippen molar-refractivity contribution in [2.75, 3.05) is 20.3 Å². The minimum atomic E-state index is -0.109. The van der Waals surface area contributed by atoms with Crippen LogP contribution in [0.3, 0.4) is 0 Å². The molecule has 0 amide bonds. The maximum Gasteiger partial charge on any atom is 0.262 e. The number of ether oxygens (including phenoxy) is 1. The van der Waals surface area contributed by atoms with Crippen molar-refractivity contribution >= 4 is 28.4 Å². The third-order valence-electron chi connectivity index (χ3n) is 4.43. The van der Waals surface area contributed by atoms with E-state index >= 15 is 0 Å². The number of halogens is 1. The van der Waals surface area contributed by atoms with Crippen LogP contribution in [-0.4, -0.2) is 35.8 Å². The van der Waals surface area contributed by atoms with Crippen LogP contribution < -0.4 is 10.1 Å². The van der Waals surface area contributed by atoms with Gasteiger partial charge in [-0.15, -0.1) is 0 Å². The van der Waals surface area contributed by atoms with Crippen LogP contribution in [0.5, 0.6) is 5.75 Å². The molecule has 0 aliphatic rings. The number of nitrogens with one attached hydrogen (secondary N) is 1. The van der Waals surface area contributed by atoms with Crippen molar-refractivity contribution in [3.05, 3.63) is 64.3 Å². The van der Waals surface area contributed by atoms with Crippen molar-refractivity contribution in [3.8, 4) is 5.75 Å². The minimum Gasteiger partial charge on any atom is -0.497 e. The van der Waals surface area contributed by atoms with E-state index in [1.807, 2.05) is 25.1 Å².